The van der Waals surface area contributed by atoms with E-state index in [1.807, 2.05) is 37.3 Å². The predicted molar refractivity (Wildman–Crippen MR) is 117 cm³/mol. The molecular weight excluding hydrogens is 397 g/mol. The maximum absolute atomic E-state index is 13.5. The third kappa shape index (κ3) is 4.83. The van der Waals surface area contributed by atoms with Gasteiger partial charge >= 0.3 is 6.09 Å². The fourth-order valence-electron chi connectivity index (χ4n) is 3.52. The largest absolute Gasteiger partial charge is 0.491 e. The number of benzene rings is 2. The molecule has 0 spiro atoms. The molecule has 0 aliphatic rings. The van der Waals surface area contributed by atoms with Crippen LogP contribution in [0.15, 0.2) is 67.0 Å². The van der Waals surface area contributed by atoms with E-state index >= 15 is 0 Å². The van der Waals surface area contributed by atoms with Gasteiger partial charge in [0.1, 0.15) is 18.2 Å². The smallest absolute Gasteiger partial charge is 0.407 e. The maximum Gasteiger partial charge on any atom is 0.407 e. The number of carboxylic acid groups (broad SMARTS) is 1. The van der Waals surface area contributed by atoms with Crippen molar-refractivity contribution in [1.82, 2.24) is 14.9 Å². The highest BCUT2D eigenvalue weighted by Gasteiger charge is 2.14. The van der Waals surface area contributed by atoms with Crippen molar-refractivity contribution in [2.24, 2.45) is 0 Å². The van der Waals surface area contributed by atoms with Crippen LogP contribution >= 0.6 is 0 Å². The van der Waals surface area contributed by atoms with Crippen molar-refractivity contribution in [2.75, 3.05) is 13.2 Å². The summed E-state index contributed by atoms with van der Waals surface area (Å²) in [5.74, 6) is 0.377. The van der Waals surface area contributed by atoms with Gasteiger partial charge in [-0.2, -0.15) is 0 Å². The van der Waals surface area contributed by atoms with E-state index in [1.54, 1.807) is 24.5 Å². The van der Waals surface area contributed by atoms with Crippen molar-refractivity contribution in [2.45, 2.75) is 13.5 Å². The number of pyridine rings is 1. The van der Waals surface area contributed by atoms with Crippen molar-refractivity contribution in [3.63, 3.8) is 0 Å². The average molecular weight is 419 g/mol. The third-order valence-electron chi connectivity index (χ3n) is 4.97. The van der Waals surface area contributed by atoms with Crippen molar-refractivity contribution in [1.29, 1.82) is 0 Å². The fraction of sp³-hybridized carbons (Fsp3) is 0.167. The number of H-pyrrole nitrogens is 1. The van der Waals surface area contributed by atoms with Gasteiger partial charge in [-0.05, 0) is 54.4 Å². The zero-order valence-electron chi connectivity index (χ0n) is 17.0. The molecule has 4 rings (SSSR count). The number of ether oxygens (including phenoxy) is 1. The Kier molecular flexibility index (Phi) is 5.84. The molecule has 0 radical (unpaired) electrons. The highest BCUT2D eigenvalue weighted by molar-refractivity contribution is 5.86. The SMILES string of the molecule is Cc1cc2c(OCCN(Cc3cncc(-c4cccc(F)c4)c3)C(=O)O)cccc2[nH]1. The maximum atomic E-state index is 13.5. The lowest BCUT2D eigenvalue weighted by atomic mass is 10.1. The number of rotatable bonds is 7. The van der Waals surface area contributed by atoms with E-state index in [0.717, 1.165) is 22.2 Å². The Labute approximate surface area is 178 Å². The summed E-state index contributed by atoms with van der Waals surface area (Å²) in [4.78, 5) is 20.5. The van der Waals surface area contributed by atoms with Gasteiger partial charge in [0.2, 0.25) is 0 Å². The number of fused-ring (bicyclic) bond motifs is 1. The standard InChI is InChI=1S/C24H22FN3O3/c1-16-10-21-22(27-16)6-3-7-23(21)31-9-8-28(24(29)30)15-17-11-19(14-26-13-17)18-4-2-5-20(25)12-18/h2-7,10-14,27H,8-9,15H2,1H3,(H,29,30). The molecule has 0 fully saturated rings. The Bertz CT molecular complexity index is 1220. The molecule has 0 bridgehead atoms. The number of hydrogen-bond donors (Lipinski definition) is 2. The number of aryl methyl sites for hydroxylation is 1. The number of amides is 1. The van der Waals surface area contributed by atoms with Crippen molar-refractivity contribution >= 4 is 17.0 Å². The van der Waals surface area contributed by atoms with Crippen LogP contribution in [0.5, 0.6) is 5.75 Å². The topological polar surface area (TPSA) is 78.4 Å². The van der Waals surface area contributed by atoms with E-state index in [1.165, 1.54) is 17.0 Å². The molecule has 0 saturated heterocycles. The number of halogens is 1. The van der Waals surface area contributed by atoms with Gasteiger partial charge in [0.15, 0.2) is 0 Å². The lowest BCUT2D eigenvalue weighted by Crippen LogP contribution is -2.32. The summed E-state index contributed by atoms with van der Waals surface area (Å²) in [6, 6.07) is 15.8. The minimum Gasteiger partial charge on any atom is -0.491 e. The molecule has 6 nitrogen and oxygen atoms in total. The minimum absolute atomic E-state index is 0.155. The molecule has 2 heterocycles. The van der Waals surface area contributed by atoms with Gasteiger partial charge in [0, 0.05) is 34.6 Å². The molecule has 2 aromatic heterocycles. The molecular formula is C24H22FN3O3. The number of aromatic nitrogens is 2. The van der Waals surface area contributed by atoms with Crippen LogP contribution in [0.25, 0.3) is 22.0 Å². The molecule has 0 unspecified atom stereocenters. The molecule has 0 aliphatic heterocycles. The van der Waals surface area contributed by atoms with Crippen LogP contribution in [-0.2, 0) is 6.54 Å². The summed E-state index contributed by atoms with van der Waals surface area (Å²) in [6.45, 7) is 2.54. The Balaban J connectivity index is 1.44. The van der Waals surface area contributed by atoms with Crippen molar-refractivity contribution in [3.8, 4) is 16.9 Å². The van der Waals surface area contributed by atoms with E-state index in [2.05, 4.69) is 9.97 Å². The van der Waals surface area contributed by atoms with Gasteiger partial charge in [-0.15, -0.1) is 0 Å². The Morgan fingerprint density at radius 2 is 1.97 bits per heavy atom. The van der Waals surface area contributed by atoms with Gasteiger partial charge in [-0.25, -0.2) is 9.18 Å². The Morgan fingerprint density at radius 1 is 1.13 bits per heavy atom. The first kappa shape index (κ1) is 20.4. The van der Waals surface area contributed by atoms with Gasteiger partial charge < -0.3 is 19.7 Å². The van der Waals surface area contributed by atoms with Gasteiger partial charge in [-0.1, -0.05) is 18.2 Å². The van der Waals surface area contributed by atoms with Gasteiger partial charge in [0.25, 0.3) is 0 Å². The van der Waals surface area contributed by atoms with Crippen LogP contribution in [0.2, 0.25) is 0 Å². The van der Waals surface area contributed by atoms with Crippen LogP contribution in [-0.4, -0.2) is 39.2 Å². The molecule has 31 heavy (non-hydrogen) atoms. The summed E-state index contributed by atoms with van der Waals surface area (Å²) >= 11 is 0. The lowest BCUT2D eigenvalue weighted by molar-refractivity contribution is 0.132. The zero-order valence-corrected chi connectivity index (χ0v) is 17.0. The molecule has 2 aromatic carbocycles. The number of nitrogens with one attached hydrogen (secondary N) is 1. The summed E-state index contributed by atoms with van der Waals surface area (Å²) in [6.07, 6.45) is 2.20. The summed E-state index contributed by atoms with van der Waals surface area (Å²) in [5.41, 5.74) is 4.14. The number of carbonyl (C=O) groups is 1. The zero-order chi connectivity index (χ0) is 21.8. The summed E-state index contributed by atoms with van der Waals surface area (Å²) in [7, 11) is 0. The molecule has 0 aliphatic carbocycles. The van der Waals surface area contributed by atoms with E-state index < -0.39 is 6.09 Å². The highest BCUT2D eigenvalue weighted by atomic mass is 19.1. The van der Waals surface area contributed by atoms with Crippen LogP contribution in [0, 0.1) is 12.7 Å². The van der Waals surface area contributed by atoms with E-state index in [4.69, 9.17) is 4.74 Å². The van der Waals surface area contributed by atoms with Crippen LogP contribution in [0.4, 0.5) is 9.18 Å². The highest BCUT2D eigenvalue weighted by Crippen LogP contribution is 2.26. The predicted octanol–water partition coefficient (Wildman–Crippen LogP) is 5.24. The first-order valence-electron chi connectivity index (χ1n) is 9.88. The van der Waals surface area contributed by atoms with Crippen molar-refractivity contribution in [3.05, 3.63) is 84.1 Å². The molecule has 4 aromatic rings. The molecule has 2 N–H and O–H groups in total. The lowest BCUT2D eigenvalue weighted by Gasteiger charge is -2.20. The molecule has 7 heteroatoms. The normalized spacial score (nSPS) is 10.9. The van der Waals surface area contributed by atoms with Crippen LogP contribution < -0.4 is 4.74 Å². The molecule has 0 saturated carbocycles. The van der Waals surface area contributed by atoms with Gasteiger partial charge in [0.05, 0.1) is 13.1 Å². The number of aromatic amines is 1. The molecule has 1 amide bonds. The second-order valence-electron chi connectivity index (χ2n) is 7.31. The quantitative estimate of drug-likeness (QED) is 0.430. The third-order valence-corrected chi connectivity index (χ3v) is 4.97. The summed E-state index contributed by atoms with van der Waals surface area (Å²) < 4.78 is 19.4. The van der Waals surface area contributed by atoms with E-state index in [9.17, 15) is 14.3 Å². The second-order valence-corrected chi connectivity index (χ2v) is 7.31. The number of hydrogen-bond acceptors (Lipinski definition) is 3. The molecule has 0 atom stereocenters. The first-order valence-corrected chi connectivity index (χ1v) is 9.88. The van der Waals surface area contributed by atoms with Crippen molar-refractivity contribution < 1.29 is 19.0 Å². The minimum atomic E-state index is -1.05. The fourth-order valence-corrected chi connectivity index (χ4v) is 3.52. The molecule has 158 valence electrons. The Morgan fingerprint density at radius 3 is 2.77 bits per heavy atom. The monoisotopic (exact) mass is 419 g/mol. The average Bonchev–Trinajstić information content (AvgIpc) is 3.14. The van der Waals surface area contributed by atoms with E-state index in [-0.39, 0.29) is 25.5 Å². The number of nitrogens with zero attached hydrogens (tertiary/aromatic N) is 2. The van der Waals surface area contributed by atoms with Gasteiger partial charge in [-0.3, -0.25) is 4.98 Å². The summed E-state index contributed by atoms with van der Waals surface area (Å²) in [5, 5.41) is 10.6. The van der Waals surface area contributed by atoms with Crippen LogP contribution in [0.1, 0.15) is 11.3 Å². The van der Waals surface area contributed by atoms with E-state index in [0.29, 0.717) is 16.9 Å². The van der Waals surface area contributed by atoms with Crippen LogP contribution in [0.3, 0.4) is 0 Å². The second kappa shape index (κ2) is 8.87. The Hall–Kier alpha value is -3.87. The first-order chi connectivity index (χ1) is 15.0.